The molecule has 0 amide bonds. The number of ether oxygens (including phenoxy) is 1. The number of para-hydroxylation sites is 1. The molecule has 1 atom stereocenters. The average Bonchev–Trinajstić information content (AvgIpc) is 2.93. The lowest BCUT2D eigenvalue weighted by Gasteiger charge is -2.14. The van der Waals surface area contributed by atoms with Crippen LogP contribution in [0.25, 0.3) is 0 Å². The molecule has 2 heterocycles. The van der Waals surface area contributed by atoms with E-state index in [1.54, 1.807) is 37.3 Å². The molecular weight excluding hydrogens is 368 g/mol. The van der Waals surface area contributed by atoms with E-state index in [0.717, 1.165) is 0 Å². The number of nitrogens with one attached hydrogen (secondary N) is 2. The van der Waals surface area contributed by atoms with Crippen LogP contribution < -0.4 is 10.6 Å². The van der Waals surface area contributed by atoms with Crippen LogP contribution in [-0.2, 0) is 14.6 Å². The number of hydrogen-bond acceptors (Lipinski definition) is 8. The molecule has 1 unspecified atom stereocenters. The third kappa shape index (κ3) is 4.94. The number of esters is 1. The number of anilines is 3. The molecule has 144 valence electrons. The van der Waals surface area contributed by atoms with Crippen LogP contribution in [0.4, 0.5) is 17.5 Å². The van der Waals surface area contributed by atoms with Crippen molar-refractivity contribution in [2.24, 2.45) is 0 Å². The molecule has 8 nitrogen and oxygen atoms in total. The molecule has 1 aliphatic heterocycles. The van der Waals surface area contributed by atoms with Crippen LogP contribution in [0.3, 0.4) is 0 Å². The average molecular weight is 390 g/mol. The van der Waals surface area contributed by atoms with Crippen LogP contribution in [0.5, 0.6) is 0 Å². The van der Waals surface area contributed by atoms with Crippen LogP contribution in [0.1, 0.15) is 29.4 Å². The van der Waals surface area contributed by atoms with Crippen LogP contribution in [0.15, 0.2) is 30.3 Å². The summed E-state index contributed by atoms with van der Waals surface area (Å²) in [6, 6.07) is 8.55. The lowest BCUT2D eigenvalue weighted by atomic mass is 10.2. The molecule has 0 aliphatic carbocycles. The molecule has 1 fully saturated rings. The fourth-order valence-corrected chi connectivity index (χ4v) is 4.59. The smallest absolute Gasteiger partial charge is 0.340 e. The van der Waals surface area contributed by atoms with Gasteiger partial charge in [0.05, 0.1) is 29.4 Å². The molecular formula is C18H22N4O4S. The number of aromatic nitrogens is 2. The molecule has 1 aromatic carbocycles. The van der Waals surface area contributed by atoms with E-state index in [1.807, 2.05) is 6.92 Å². The van der Waals surface area contributed by atoms with Crippen molar-refractivity contribution in [3.05, 3.63) is 41.6 Å². The highest BCUT2D eigenvalue weighted by molar-refractivity contribution is 7.91. The minimum atomic E-state index is -2.98. The number of benzene rings is 1. The molecule has 2 N–H and O–H groups in total. The van der Waals surface area contributed by atoms with Crippen molar-refractivity contribution in [2.45, 2.75) is 26.3 Å². The van der Waals surface area contributed by atoms with Gasteiger partial charge in [0.15, 0.2) is 9.84 Å². The molecule has 0 radical (unpaired) electrons. The molecule has 1 saturated heterocycles. The Morgan fingerprint density at radius 1 is 1.30 bits per heavy atom. The summed E-state index contributed by atoms with van der Waals surface area (Å²) in [7, 11) is -2.98. The van der Waals surface area contributed by atoms with E-state index in [2.05, 4.69) is 20.6 Å². The van der Waals surface area contributed by atoms with Crippen molar-refractivity contribution in [3.8, 4) is 0 Å². The lowest BCUT2D eigenvalue weighted by molar-refractivity contribution is 0.0527. The van der Waals surface area contributed by atoms with Gasteiger partial charge >= 0.3 is 5.97 Å². The first-order valence-electron chi connectivity index (χ1n) is 8.72. The van der Waals surface area contributed by atoms with Gasteiger partial charge in [-0.15, -0.1) is 0 Å². The maximum absolute atomic E-state index is 12.1. The van der Waals surface area contributed by atoms with Gasteiger partial charge in [0.1, 0.15) is 5.82 Å². The Bertz CT molecular complexity index is 946. The number of carbonyl (C=O) groups is 1. The number of rotatable bonds is 6. The third-order valence-electron chi connectivity index (χ3n) is 4.11. The maximum Gasteiger partial charge on any atom is 0.340 e. The summed E-state index contributed by atoms with van der Waals surface area (Å²) in [5.41, 5.74) is 1.64. The fourth-order valence-electron chi connectivity index (χ4n) is 2.92. The van der Waals surface area contributed by atoms with E-state index in [-0.39, 0.29) is 24.2 Å². The van der Waals surface area contributed by atoms with E-state index in [9.17, 15) is 13.2 Å². The van der Waals surface area contributed by atoms with Crippen molar-refractivity contribution in [3.63, 3.8) is 0 Å². The first-order valence-corrected chi connectivity index (χ1v) is 10.5. The quantitative estimate of drug-likeness (QED) is 0.723. The normalized spacial score (nSPS) is 18.1. The van der Waals surface area contributed by atoms with Gasteiger partial charge < -0.3 is 15.4 Å². The van der Waals surface area contributed by atoms with Crippen molar-refractivity contribution >= 4 is 33.3 Å². The molecule has 3 rings (SSSR count). The van der Waals surface area contributed by atoms with Gasteiger partial charge in [-0.05, 0) is 32.4 Å². The highest BCUT2D eigenvalue weighted by Gasteiger charge is 2.28. The summed E-state index contributed by atoms with van der Waals surface area (Å²) in [6.45, 7) is 3.85. The van der Waals surface area contributed by atoms with E-state index in [0.29, 0.717) is 35.1 Å². The Morgan fingerprint density at radius 2 is 2.07 bits per heavy atom. The first-order chi connectivity index (χ1) is 12.9. The molecule has 9 heteroatoms. The summed E-state index contributed by atoms with van der Waals surface area (Å²) in [6.07, 6.45) is 0.555. The summed E-state index contributed by atoms with van der Waals surface area (Å²) in [5.74, 6) is 0.718. The maximum atomic E-state index is 12.1. The zero-order valence-electron chi connectivity index (χ0n) is 15.2. The van der Waals surface area contributed by atoms with E-state index >= 15 is 0 Å². The zero-order chi connectivity index (χ0) is 19.4. The van der Waals surface area contributed by atoms with Crippen molar-refractivity contribution in [2.75, 3.05) is 28.7 Å². The number of sulfone groups is 1. The Balaban J connectivity index is 1.80. The zero-order valence-corrected chi connectivity index (χ0v) is 16.0. The van der Waals surface area contributed by atoms with E-state index in [1.165, 1.54) is 0 Å². The summed E-state index contributed by atoms with van der Waals surface area (Å²) >= 11 is 0. The number of carbonyl (C=O) groups excluding carboxylic acids is 1. The molecule has 1 aromatic heterocycles. The van der Waals surface area contributed by atoms with Crippen LogP contribution >= 0.6 is 0 Å². The predicted octanol–water partition coefficient (Wildman–Crippen LogP) is 2.30. The molecule has 0 spiro atoms. The monoisotopic (exact) mass is 390 g/mol. The topological polar surface area (TPSA) is 110 Å². The van der Waals surface area contributed by atoms with E-state index < -0.39 is 15.8 Å². The van der Waals surface area contributed by atoms with Crippen LogP contribution in [-0.4, -0.2) is 48.5 Å². The summed E-state index contributed by atoms with van der Waals surface area (Å²) in [4.78, 5) is 20.9. The minimum Gasteiger partial charge on any atom is -0.462 e. The van der Waals surface area contributed by atoms with Crippen LogP contribution in [0.2, 0.25) is 0 Å². The van der Waals surface area contributed by atoms with Crippen LogP contribution in [0, 0.1) is 6.92 Å². The Hall–Kier alpha value is -2.68. The van der Waals surface area contributed by atoms with E-state index in [4.69, 9.17) is 4.74 Å². The second-order valence-electron chi connectivity index (χ2n) is 6.35. The molecule has 0 bridgehead atoms. The minimum absolute atomic E-state index is 0.102. The number of nitrogens with zero attached hydrogens (tertiary/aromatic N) is 2. The van der Waals surface area contributed by atoms with Gasteiger partial charge in [-0.25, -0.2) is 18.2 Å². The van der Waals surface area contributed by atoms with Crippen molar-refractivity contribution in [1.82, 2.24) is 9.97 Å². The van der Waals surface area contributed by atoms with Crippen molar-refractivity contribution < 1.29 is 17.9 Å². The molecule has 27 heavy (non-hydrogen) atoms. The fraction of sp³-hybridized carbons (Fsp3) is 0.389. The second-order valence-corrected chi connectivity index (χ2v) is 8.58. The summed E-state index contributed by atoms with van der Waals surface area (Å²) in [5, 5.41) is 6.21. The highest BCUT2D eigenvalue weighted by Crippen LogP contribution is 2.22. The van der Waals surface area contributed by atoms with Gasteiger partial charge in [-0.1, -0.05) is 12.1 Å². The number of hydrogen-bond donors (Lipinski definition) is 2. The second kappa shape index (κ2) is 7.91. The highest BCUT2D eigenvalue weighted by atomic mass is 32.2. The Morgan fingerprint density at radius 3 is 2.78 bits per heavy atom. The lowest BCUT2D eigenvalue weighted by Crippen LogP contribution is -2.21. The van der Waals surface area contributed by atoms with Gasteiger partial charge in [-0.3, -0.25) is 0 Å². The predicted molar refractivity (Wildman–Crippen MR) is 103 cm³/mol. The largest absolute Gasteiger partial charge is 0.462 e. The number of aryl methyl sites for hydroxylation is 1. The Kier molecular flexibility index (Phi) is 5.59. The van der Waals surface area contributed by atoms with Gasteiger partial charge in [0.2, 0.25) is 5.95 Å². The van der Waals surface area contributed by atoms with Gasteiger partial charge in [0.25, 0.3) is 0 Å². The summed E-state index contributed by atoms with van der Waals surface area (Å²) < 4.78 is 28.3. The van der Waals surface area contributed by atoms with Gasteiger partial charge in [-0.2, -0.15) is 4.98 Å². The molecule has 1 aliphatic rings. The Labute approximate surface area is 158 Å². The molecule has 2 aromatic rings. The third-order valence-corrected chi connectivity index (χ3v) is 5.88. The van der Waals surface area contributed by atoms with Gasteiger partial charge in [0, 0.05) is 17.8 Å². The first kappa shape index (κ1) is 19.1. The standard InChI is InChI=1S/C18H22N4O4S/c1-3-26-17(23)14-6-4-5-7-15(14)21-18-19-12(2)10-16(22-18)20-13-8-9-27(24,25)11-13/h4-7,10,13H,3,8-9,11H2,1-2H3,(H2,19,20,21,22). The molecule has 0 saturated carbocycles. The van der Waals surface area contributed by atoms with Crippen molar-refractivity contribution in [1.29, 1.82) is 0 Å². The SMILES string of the molecule is CCOC(=O)c1ccccc1Nc1nc(C)cc(NC2CCS(=O)(=O)C2)n1.